The van der Waals surface area contributed by atoms with Crippen LogP contribution in [0.2, 0.25) is 0 Å². The average Bonchev–Trinajstić information content (AvgIpc) is 2.94. The minimum Gasteiger partial charge on any atom is -0.445 e. The lowest BCUT2D eigenvalue weighted by Gasteiger charge is -2.57. The minimum atomic E-state index is -0.363. The molecule has 4 bridgehead atoms. The van der Waals surface area contributed by atoms with Crippen molar-refractivity contribution in [2.45, 2.75) is 64.4 Å². The number of pyridine rings is 1. The second kappa shape index (κ2) is 12.8. The van der Waals surface area contributed by atoms with E-state index in [0.717, 1.165) is 49.1 Å². The second-order valence-corrected chi connectivity index (χ2v) is 12.3. The summed E-state index contributed by atoms with van der Waals surface area (Å²) < 4.78 is 5.49. The molecule has 1 heterocycles. The van der Waals surface area contributed by atoms with Crippen LogP contribution in [0.3, 0.4) is 0 Å². The van der Waals surface area contributed by atoms with E-state index in [-0.39, 0.29) is 18.7 Å². The Bertz CT molecular complexity index is 1040. The zero-order valence-electron chi connectivity index (χ0n) is 23.4. The van der Waals surface area contributed by atoms with E-state index in [9.17, 15) is 9.59 Å². The molecule has 0 saturated heterocycles. The van der Waals surface area contributed by atoms with E-state index < -0.39 is 0 Å². The van der Waals surface area contributed by atoms with Gasteiger partial charge in [-0.2, -0.15) is 0 Å². The first-order valence-electron chi connectivity index (χ1n) is 14.8. The van der Waals surface area contributed by atoms with Crippen LogP contribution in [-0.4, -0.2) is 60.1 Å². The first-order valence-corrected chi connectivity index (χ1v) is 14.8. The first kappa shape index (κ1) is 27.5. The van der Waals surface area contributed by atoms with Crippen molar-refractivity contribution >= 4 is 12.1 Å². The van der Waals surface area contributed by atoms with Gasteiger partial charge in [0.1, 0.15) is 6.61 Å². The van der Waals surface area contributed by atoms with Gasteiger partial charge in [0.2, 0.25) is 0 Å². The number of likely N-dealkylation sites (N-methyl/N-ethyl adjacent to an activating group) is 1. The number of ether oxygens (including phenoxy) is 1. The second-order valence-electron chi connectivity index (χ2n) is 12.3. The van der Waals surface area contributed by atoms with Crippen LogP contribution in [0.15, 0.2) is 54.9 Å². The zero-order chi connectivity index (χ0) is 27.1. The summed E-state index contributed by atoms with van der Waals surface area (Å²) in [6.45, 7) is 2.56. The van der Waals surface area contributed by atoms with Gasteiger partial charge in [0, 0.05) is 45.6 Å². The van der Waals surface area contributed by atoms with Gasteiger partial charge in [-0.05, 0) is 104 Å². The SMILES string of the molecule is CN(CCN(CCC12CC3CC(CC(C3)C1)C2)C(=O)NCCCc1ccncc1)C(=O)OCc1ccccc1. The molecule has 0 aliphatic heterocycles. The summed E-state index contributed by atoms with van der Waals surface area (Å²) in [5.41, 5.74) is 2.60. The van der Waals surface area contributed by atoms with Gasteiger partial charge in [-0.1, -0.05) is 30.3 Å². The molecule has 1 aromatic heterocycles. The molecule has 6 rings (SSSR count). The summed E-state index contributed by atoms with van der Waals surface area (Å²) in [5.74, 6) is 2.70. The largest absolute Gasteiger partial charge is 0.445 e. The van der Waals surface area contributed by atoms with Gasteiger partial charge in [-0.25, -0.2) is 9.59 Å². The fraction of sp³-hybridized carbons (Fsp3) is 0.594. The smallest absolute Gasteiger partial charge is 0.409 e. The normalized spacial score (nSPS) is 24.8. The number of hydrogen-bond acceptors (Lipinski definition) is 4. The van der Waals surface area contributed by atoms with E-state index in [1.54, 1.807) is 11.9 Å². The Balaban J connectivity index is 1.13. The lowest BCUT2D eigenvalue weighted by Crippen LogP contribution is -2.49. The Morgan fingerprint density at radius 2 is 1.59 bits per heavy atom. The van der Waals surface area contributed by atoms with Crippen molar-refractivity contribution in [3.8, 4) is 0 Å². The number of hydrogen-bond donors (Lipinski definition) is 1. The molecule has 0 spiro atoms. The fourth-order valence-electron chi connectivity index (χ4n) is 7.62. The lowest BCUT2D eigenvalue weighted by atomic mass is 9.49. The highest BCUT2D eigenvalue weighted by molar-refractivity contribution is 5.74. The highest BCUT2D eigenvalue weighted by atomic mass is 16.6. The number of carbonyl (C=O) groups is 2. The van der Waals surface area contributed by atoms with E-state index in [2.05, 4.69) is 10.3 Å². The number of aromatic nitrogens is 1. The van der Waals surface area contributed by atoms with Crippen molar-refractivity contribution in [2.24, 2.45) is 23.2 Å². The van der Waals surface area contributed by atoms with Crippen molar-refractivity contribution in [3.05, 3.63) is 66.0 Å². The highest BCUT2D eigenvalue weighted by Gasteiger charge is 2.50. The van der Waals surface area contributed by atoms with E-state index >= 15 is 0 Å². The molecule has 1 N–H and O–H groups in total. The molecule has 0 atom stereocenters. The van der Waals surface area contributed by atoms with E-state index in [1.165, 1.54) is 44.1 Å². The Morgan fingerprint density at radius 3 is 2.26 bits per heavy atom. The van der Waals surface area contributed by atoms with Gasteiger partial charge >= 0.3 is 12.1 Å². The Morgan fingerprint density at radius 1 is 0.923 bits per heavy atom. The maximum Gasteiger partial charge on any atom is 0.409 e. The highest BCUT2D eigenvalue weighted by Crippen LogP contribution is 2.61. The molecular weight excluding hydrogens is 488 g/mol. The number of aryl methyl sites for hydroxylation is 1. The van der Waals surface area contributed by atoms with Crippen LogP contribution in [0.5, 0.6) is 0 Å². The van der Waals surface area contributed by atoms with E-state index in [0.29, 0.717) is 25.0 Å². The molecule has 0 radical (unpaired) electrons. The molecule has 4 aliphatic carbocycles. The van der Waals surface area contributed by atoms with E-state index in [4.69, 9.17) is 4.74 Å². The third kappa shape index (κ3) is 7.52. The molecule has 210 valence electrons. The van der Waals surface area contributed by atoms with Crippen LogP contribution in [-0.2, 0) is 17.8 Å². The van der Waals surface area contributed by atoms with Crippen molar-refractivity contribution in [1.29, 1.82) is 0 Å². The van der Waals surface area contributed by atoms with Gasteiger partial charge in [-0.3, -0.25) is 4.98 Å². The predicted octanol–water partition coefficient (Wildman–Crippen LogP) is 5.90. The van der Waals surface area contributed by atoms with Crippen LogP contribution in [0.4, 0.5) is 9.59 Å². The van der Waals surface area contributed by atoms with Crippen LogP contribution >= 0.6 is 0 Å². The summed E-state index contributed by atoms with van der Waals surface area (Å²) in [5, 5.41) is 3.15. The average molecular weight is 533 g/mol. The third-order valence-corrected chi connectivity index (χ3v) is 9.25. The molecule has 7 heteroatoms. The van der Waals surface area contributed by atoms with Gasteiger partial charge in [-0.15, -0.1) is 0 Å². The molecular formula is C32H44N4O3. The monoisotopic (exact) mass is 532 g/mol. The van der Waals surface area contributed by atoms with Crippen molar-refractivity contribution in [2.75, 3.05) is 33.2 Å². The topological polar surface area (TPSA) is 74.8 Å². The Hall–Kier alpha value is -3.09. The van der Waals surface area contributed by atoms with Gasteiger partial charge in [0.15, 0.2) is 0 Å². The molecule has 39 heavy (non-hydrogen) atoms. The van der Waals surface area contributed by atoms with Gasteiger partial charge in [0.25, 0.3) is 0 Å². The minimum absolute atomic E-state index is 0.0273. The number of amides is 3. The van der Waals surface area contributed by atoms with E-state index in [1.807, 2.05) is 59.8 Å². The van der Waals surface area contributed by atoms with Crippen LogP contribution in [0.25, 0.3) is 0 Å². The Kier molecular flexibility index (Phi) is 9.05. The summed E-state index contributed by atoms with van der Waals surface area (Å²) in [6, 6.07) is 13.7. The third-order valence-electron chi connectivity index (χ3n) is 9.25. The zero-order valence-corrected chi connectivity index (χ0v) is 23.4. The lowest BCUT2D eigenvalue weighted by molar-refractivity contribution is -0.0597. The summed E-state index contributed by atoms with van der Waals surface area (Å²) >= 11 is 0. The van der Waals surface area contributed by atoms with Crippen LogP contribution < -0.4 is 5.32 Å². The molecule has 4 saturated carbocycles. The number of rotatable bonds is 12. The fourth-order valence-corrected chi connectivity index (χ4v) is 7.62. The summed E-state index contributed by atoms with van der Waals surface area (Å²) in [4.78, 5) is 33.5. The molecule has 0 unspecified atom stereocenters. The molecule has 1 aromatic carbocycles. The van der Waals surface area contributed by atoms with Crippen LogP contribution in [0, 0.1) is 23.2 Å². The molecule has 3 amide bonds. The van der Waals surface area contributed by atoms with Crippen molar-refractivity contribution < 1.29 is 14.3 Å². The number of nitrogens with zero attached hydrogens (tertiary/aromatic N) is 3. The maximum atomic E-state index is 13.3. The number of carbonyl (C=O) groups excluding carboxylic acids is 2. The van der Waals surface area contributed by atoms with Crippen molar-refractivity contribution in [3.63, 3.8) is 0 Å². The quantitative estimate of drug-likeness (QED) is 0.345. The first-order chi connectivity index (χ1) is 19.0. The molecule has 4 fully saturated rings. The standard InChI is InChI=1S/C32H44N4O3/c1-35(31(38)39-24-26-6-3-2-4-7-26)16-17-36(30(37)34-12-5-8-25-9-13-33-14-10-25)15-11-32-21-27-18-28(22-32)20-29(19-27)23-32/h2-4,6-7,9-10,13-14,27-29H,5,8,11-12,15-24H2,1H3,(H,34,37). The maximum absolute atomic E-state index is 13.3. The van der Waals surface area contributed by atoms with Crippen LogP contribution in [0.1, 0.15) is 62.5 Å². The number of benzene rings is 1. The molecule has 4 aliphatic rings. The van der Waals surface area contributed by atoms with Gasteiger partial charge in [0.05, 0.1) is 0 Å². The molecule has 7 nitrogen and oxygen atoms in total. The summed E-state index contributed by atoms with van der Waals surface area (Å²) in [7, 11) is 1.75. The number of nitrogens with one attached hydrogen (secondary N) is 1. The molecule has 2 aromatic rings. The van der Waals surface area contributed by atoms with Gasteiger partial charge < -0.3 is 19.9 Å². The number of urea groups is 1. The predicted molar refractivity (Wildman–Crippen MR) is 152 cm³/mol. The Labute approximate surface area is 233 Å². The summed E-state index contributed by atoms with van der Waals surface area (Å²) in [6.07, 6.45) is 14.4. The van der Waals surface area contributed by atoms with Crippen molar-refractivity contribution in [1.82, 2.24) is 20.1 Å².